The molecule has 0 fully saturated rings. The van der Waals surface area contributed by atoms with Crippen molar-refractivity contribution in [2.45, 2.75) is 39.8 Å². The molecule has 8 heteroatoms. The van der Waals surface area contributed by atoms with Crippen molar-refractivity contribution in [3.63, 3.8) is 0 Å². The molecule has 0 aliphatic rings. The van der Waals surface area contributed by atoms with E-state index < -0.39 is 12.7 Å². The van der Waals surface area contributed by atoms with Crippen molar-refractivity contribution < 1.29 is 23.0 Å². The lowest BCUT2D eigenvalue weighted by molar-refractivity contribution is -0.124. The molecule has 0 heterocycles. The zero-order valence-corrected chi connectivity index (χ0v) is 15.1. The van der Waals surface area contributed by atoms with E-state index in [1.54, 1.807) is 12.1 Å². The van der Waals surface area contributed by atoms with Crippen LogP contribution in [0.25, 0.3) is 0 Å². The smallest absolute Gasteiger partial charge is 0.387 e. The van der Waals surface area contributed by atoms with Gasteiger partial charge in [0.25, 0.3) is 0 Å². The Balaban J connectivity index is 0.00000529. The van der Waals surface area contributed by atoms with E-state index in [-0.39, 0.29) is 35.2 Å². The molecule has 0 saturated heterocycles. The predicted molar refractivity (Wildman–Crippen MR) is 91.0 cm³/mol. The second kappa shape index (κ2) is 9.64. The van der Waals surface area contributed by atoms with E-state index >= 15 is 0 Å². The van der Waals surface area contributed by atoms with Gasteiger partial charge in [-0.05, 0) is 29.5 Å². The molecule has 0 aliphatic heterocycles. The van der Waals surface area contributed by atoms with E-state index in [0.717, 1.165) is 5.56 Å². The molecule has 1 aromatic carbocycles. The van der Waals surface area contributed by atoms with Crippen molar-refractivity contribution in [3.8, 4) is 11.5 Å². The Morgan fingerprint density at radius 1 is 1.29 bits per heavy atom. The minimum absolute atomic E-state index is 0. The highest BCUT2D eigenvalue weighted by Gasteiger charge is 2.26. The molecule has 1 rings (SSSR count). The molecule has 0 unspecified atom stereocenters. The van der Waals surface area contributed by atoms with Gasteiger partial charge in [-0.15, -0.1) is 12.4 Å². The molecule has 138 valence electrons. The van der Waals surface area contributed by atoms with Crippen molar-refractivity contribution in [2.24, 2.45) is 11.1 Å². The first kappa shape index (κ1) is 22.4. The van der Waals surface area contributed by atoms with Crippen LogP contribution in [-0.4, -0.2) is 32.2 Å². The summed E-state index contributed by atoms with van der Waals surface area (Å²) in [6, 6.07) is 4.14. The third-order valence-corrected chi connectivity index (χ3v) is 3.37. The second-order valence-electron chi connectivity index (χ2n) is 6.25. The minimum Gasteiger partial charge on any atom is -0.493 e. The minimum atomic E-state index is -2.93. The first-order valence-electron chi connectivity index (χ1n) is 7.30. The summed E-state index contributed by atoms with van der Waals surface area (Å²) in [5.41, 5.74) is 6.27. The number of carbonyl (C=O) groups excluding carboxylic acids is 1. The molecule has 1 amide bonds. The standard InChI is InChI=1S/C16H24F2N2O3.ClH/c1-16(2,3)13(19)14(21)20-8-7-10-5-6-11(22-4)12(9-10)23-15(17)18;/h5-6,9,13,15H,7-8,19H2,1-4H3,(H,20,21);1H/t13-;/m1./s1. The predicted octanol–water partition coefficient (Wildman–Crippen LogP) is 2.75. The van der Waals surface area contributed by atoms with E-state index in [0.29, 0.717) is 13.0 Å². The van der Waals surface area contributed by atoms with Gasteiger partial charge in [0, 0.05) is 6.54 Å². The summed E-state index contributed by atoms with van der Waals surface area (Å²) in [7, 11) is 1.38. The Morgan fingerprint density at radius 2 is 1.92 bits per heavy atom. The molecule has 1 atom stereocenters. The van der Waals surface area contributed by atoms with Crippen LogP contribution in [0, 0.1) is 5.41 Å². The number of hydrogen-bond acceptors (Lipinski definition) is 4. The van der Waals surface area contributed by atoms with Crippen molar-refractivity contribution in [3.05, 3.63) is 23.8 Å². The van der Waals surface area contributed by atoms with Gasteiger partial charge in [-0.25, -0.2) is 0 Å². The number of methoxy groups -OCH3 is 1. The average molecular weight is 367 g/mol. The normalized spacial score (nSPS) is 12.3. The molecule has 3 N–H and O–H groups in total. The summed E-state index contributed by atoms with van der Waals surface area (Å²) in [5.74, 6) is -0.0411. The number of carbonyl (C=O) groups is 1. The molecule has 0 bridgehead atoms. The summed E-state index contributed by atoms with van der Waals surface area (Å²) < 4.78 is 34.1. The van der Waals surface area contributed by atoms with Crippen LogP contribution in [0.5, 0.6) is 11.5 Å². The monoisotopic (exact) mass is 366 g/mol. The maximum absolute atomic E-state index is 12.4. The fourth-order valence-electron chi connectivity index (χ4n) is 1.90. The number of amides is 1. The number of nitrogens with one attached hydrogen (secondary N) is 1. The largest absolute Gasteiger partial charge is 0.493 e. The highest BCUT2D eigenvalue weighted by atomic mass is 35.5. The average Bonchev–Trinajstić information content (AvgIpc) is 2.45. The Kier molecular flexibility index (Phi) is 8.99. The first-order chi connectivity index (χ1) is 10.6. The number of ether oxygens (including phenoxy) is 2. The molecule has 0 radical (unpaired) electrons. The first-order valence-corrected chi connectivity index (χ1v) is 7.30. The van der Waals surface area contributed by atoms with E-state index in [4.69, 9.17) is 10.5 Å². The van der Waals surface area contributed by atoms with Gasteiger partial charge < -0.3 is 20.5 Å². The molecule has 0 aromatic heterocycles. The van der Waals surface area contributed by atoms with E-state index in [2.05, 4.69) is 10.1 Å². The van der Waals surface area contributed by atoms with Crippen LogP contribution in [0.1, 0.15) is 26.3 Å². The van der Waals surface area contributed by atoms with Crippen molar-refractivity contribution >= 4 is 18.3 Å². The van der Waals surface area contributed by atoms with Crippen LogP contribution < -0.4 is 20.5 Å². The number of hydrogen-bond donors (Lipinski definition) is 2. The van der Waals surface area contributed by atoms with Gasteiger partial charge >= 0.3 is 6.61 Å². The highest BCUT2D eigenvalue weighted by molar-refractivity contribution is 5.85. The third-order valence-electron chi connectivity index (χ3n) is 3.37. The maximum Gasteiger partial charge on any atom is 0.387 e. The summed E-state index contributed by atoms with van der Waals surface area (Å²) in [6.45, 7) is 3.07. The number of rotatable bonds is 7. The topological polar surface area (TPSA) is 73.6 Å². The van der Waals surface area contributed by atoms with E-state index in [1.807, 2.05) is 20.8 Å². The van der Waals surface area contributed by atoms with Gasteiger partial charge in [0.1, 0.15) is 0 Å². The van der Waals surface area contributed by atoms with Crippen LogP contribution in [0.3, 0.4) is 0 Å². The van der Waals surface area contributed by atoms with Gasteiger partial charge in [0.2, 0.25) is 5.91 Å². The molecular formula is C16H25ClF2N2O3. The second-order valence-corrected chi connectivity index (χ2v) is 6.25. The van der Waals surface area contributed by atoms with Crippen LogP contribution in [0.15, 0.2) is 18.2 Å². The van der Waals surface area contributed by atoms with Gasteiger partial charge in [-0.1, -0.05) is 26.8 Å². The molecule has 1 aromatic rings. The lowest BCUT2D eigenvalue weighted by Gasteiger charge is -2.25. The van der Waals surface area contributed by atoms with Crippen LogP contribution >= 0.6 is 12.4 Å². The van der Waals surface area contributed by atoms with Crippen LogP contribution in [0.4, 0.5) is 8.78 Å². The number of alkyl halides is 2. The summed E-state index contributed by atoms with van der Waals surface area (Å²) in [4.78, 5) is 11.9. The summed E-state index contributed by atoms with van der Waals surface area (Å²) >= 11 is 0. The zero-order chi connectivity index (χ0) is 17.6. The highest BCUT2D eigenvalue weighted by Crippen LogP contribution is 2.29. The lowest BCUT2D eigenvalue weighted by atomic mass is 9.87. The zero-order valence-electron chi connectivity index (χ0n) is 14.3. The Labute approximate surface area is 147 Å². The molecule has 5 nitrogen and oxygen atoms in total. The van der Waals surface area contributed by atoms with Crippen molar-refractivity contribution in [1.82, 2.24) is 5.32 Å². The summed E-state index contributed by atoms with van der Waals surface area (Å²) in [6.07, 6.45) is 0.464. The maximum atomic E-state index is 12.4. The van der Waals surface area contributed by atoms with Gasteiger partial charge in [0.15, 0.2) is 11.5 Å². The SMILES string of the molecule is COc1ccc(CCNC(=O)[C@@H](N)C(C)(C)C)cc1OC(F)F.Cl. The fourth-order valence-corrected chi connectivity index (χ4v) is 1.90. The Morgan fingerprint density at radius 3 is 2.42 bits per heavy atom. The molecule has 0 saturated carbocycles. The lowest BCUT2D eigenvalue weighted by Crippen LogP contribution is -2.48. The fraction of sp³-hybridized carbons (Fsp3) is 0.562. The Bertz CT molecular complexity index is 537. The van der Waals surface area contributed by atoms with Crippen LogP contribution in [-0.2, 0) is 11.2 Å². The van der Waals surface area contributed by atoms with E-state index in [1.165, 1.54) is 13.2 Å². The third kappa shape index (κ3) is 6.88. The Hall–Kier alpha value is -1.60. The number of nitrogens with two attached hydrogens (primary N) is 1. The summed E-state index contributed by atoms with van der Waals surface area (Å²) in [5, 5.41) is 2.74. The van der Waals surface area contributed by atoms with Crippen molar-refractivity contribution in [1.29, 1.82) is 0 Å². The van der Waals surface area contributed by atoms with Crippen molar-refractivity contribution in [2.75, 3.05) is 13.7 Å². The molecule has 0 spiro atoms. The molecule has 0 aliphatic carbocycles. The molecule has 24 heavy (non-hydrogen) atoms. The number of halogens is 3. The molecular weight excluding hydrogens is 342 g/mol. The quantitative estimate of drug-likeness (QED) is 0.778. The van der Waals surface area contributed by atoms with Gasteiger partial charge in [-0.3, -0.25) is 4.79 Å². The van der Waals surface area contributed by atoms with E-state index in [9.17, 15) is 13.6 Å². The number of benzene rings is 1. The van der Waals surface area contributed by atoms with Gasteiger partial charge in [-0.2, -0.15) is 8.78 Å². The van der Waals surface area contributed by atoms with Gasteiger partial charge in [0.05, 0.1) is 13.2 Å². The van der Waals surface area contributed by atoms with Crippen LogP contribution in [0.2, 0.25) is 0 Å².